The van der Waals surface area contributed by atoms with Gasteiger partial charge in [0.1, 0.15) is 6.04 Å². The summed E-state index contributed by atoms with van der Waals surface area (Å²) in [5, 5.41) is 15.4. The highest BCUT2D eigenvalue weighted by Gasteiger charge is 2.41. The van der Waals surface area contributed by atoms with Crippen molar-refractivity contribution in [1.29, 1.82) is 5.41 Å². The van der Waals surface area contributed by atoms with Crippen LogP contribution in [0.3, 0.4) is 0 Å². The van der Waals surface area contributed by atoms with Gasteiger partial charge >= 0.3 is 12.6 Å². The number of nitrogens with zero attached hydrogens (tertiary/aromatic N) is 3. The van der Waals surface area contributed by atoms with E-state index in [-0.39, 0.29) is 18.5 Å². The number of hydrogen-bond donors (Lipinski definition) is 4. The Hall–Kier alpha value is -3.36. The monoisotopic (exact) mass is 583 g/mol. The van der Waals surface area contributed by atoms with Crippen molar-refractivity contribution in [1.82, 2.24) is 25.2 Å². The molecule has 0 spiro atoms. The van der Waals surface area contributed by atoms with E-state index in [2.05, 4.69) is 10.3 Å². The number of sulfonamides is 1. The van der Waals surface area contributed by atoms with Gasteiger partial charge in [-0.15, -0.1) is 11.3 Å². The number of amidine groups is 1. The highest BCUT2D eigenvalue weighted by Crippen LogP contribution is 2.44. The molecule has 2 aliphatic rings. The van der Waals surface area contributed by atoms with Crippen molar-refractivity contribution in [2.45, 2.75) is 32.0 Å². The number of amides is 2. The first-order valence-electron chi connectivity index (χ1n) is 11.2. The van der Waals surface area contributed by atoms with Crippen LogP contribution < -0.4 is 15.4 Å². The number of hydrogen-bond acceptors (Lipinski definition) is 9. The molecule has 0 saturated carbocycles. The quantitative estimate of drug-likeness (QED) is 0.277. The summed E-state index contributed by atoms with van der Waals surface area (Å²) in [6.45, 7) is -0.772. The van der Waals surface area contributed by atoms with Crippen LogP contribution in [0.15, 0.2) is 57.8 Å². The van der Waals surface area contributed by atoms with E-state index in [9.17, 15) is 22.0 Å². The summed E-state index contributed by atoms with van der Waals surface area (Å²) < 4.78 is 51.0. The van der Waals surface area contributed by atoms with Crippen molar-refractivity contribution in [3.63, 3.8) is 0 Å². The zero-order chi connectivity index (χ0) is 27.6. The van der Waals surface area contributed by atoms with Crippen molar-refractivity contribution >= 4 is 51.0 Å². The Morgan fingerprint density at radius 1 is 1.37 bits per heavy atom. The van der Waals surface area contributed by atoms with Crippen LogP contribution in [0.4, 0.5) is 13.6 Å². The number of fused-ring (bicyclic) bond motifs is 1. The van der Waals surface area contributed by atoms with Crippen LogP contribution in [-0.2, 0) is 10.0 Å². The lowest BCUT2D eigenvalue weighted by atomic mass is 9.89. The van der Waals surface area contributed by atoms with Crippen molar-refractivity contribution in [3.8, 4) is 0 Å². The van der Waals surface area contributed by atoms with Gasteiger partial charge in [0, 0.05) is 58.8 Å². The average Bonchev–Trinajstić information content (AvgIpc) is 3.48. The number of thiazole rings is 1. The average molecular weight is 584 g/mol. The van der Waals surface area contributed by atoms with Gasteiger partial charge in [0.05, 0.1) is 12.3 Å². The van der Waals surface area contributed by atoms with E-state index in [1.807, 2.05) is 23.0 Å². The van der Waals surface area contributed by atoms with Gasteiger partial charge in [0.25, 0.3) is 0 Å². The van der Waals surface area contributed by atoms with Crippen molar-refractivity contribution in [3.05, 3.63) is 74.0 Å². The molecule has 0 bridgehead atoms. The summed E-state index contributed by atoms with van der Waals surface area (Å²) in [6.07, 6.45) is 4.69. The molecular weight excluding hydrogens is 560 g/mol. The summed E-state index contributed by atoms with van der Waals surface area (Å²) in [5.41, 5.74) is 2.73. The Kier molecular flexibility index (Phi) is 8.13. The predicted octanol–water partition coefficient (Wildman–Crippen LogP) is 3.54. The molecule has 0 radical (unpaired) electrons. The highest BCUT2D eigenvalue weighted by atomic mass is 35.5. The molecule has 1 aromatic carbocycles. The molecule has 38 heavy (non-hydrogen) atoms. The number of nitrogens with one attached hydrogen (secondary N) is 4. The fourth-order valence-corrected chi connectivity index (χ4v) is 5.74. The number of aliphatic imine (C=N–C) groups is 1. The molecule has 2 amide bonds. The molecule has 4 N–H and O–H groups in total. The first-order chi connectivity index (χ1) is 18.0. The van der Waals surface area contributed by atoms with Gasteiger partial charge < -0.3 is 20.9 Å². The molecule has 1 fully saturated rings. The minimum atomic E-state index is -3.79. The Morgan fingerprint density at radius 3 is 2.74 bits per heavy atom. The second-order valence-corrected chi connectivity index (χ2v) is 11.7. The Balaban J connectivity index is 1.87. The lowest BCUT2D eigenvalue weighted by molar-refractivity contribution is 0.125. The van der Waals surface area contributed by atoms with Crippen molar-refractivity contribution < 1.29 is 22.0 Å². The zero-order valence-corrected chi connectivity index (χ0v) is 22.6. The van der Waals surface area contributed by atoms with E-state index in [1.165, 1.54) is 11.3 Å². The fourth-order valence-electron chi connectivity index (χ4n) is 4.36. The number of benzene rings is 1. The van der Waals surface area contributed by atoms with Crippen LogP contribution in [0.25, 0.3) is 0 Å². The SMILES string of the molecule is Cc1ccc([C@@H]2N=C(c3nccs3)N3C[C@@H](NC(=O)NS(C)(=O)=O)CC3=C2/C(C=N)=C/NC(F)F)c(Cl)c1. The molecular formula is C23H24ClF2N7O3S2. The number of carbonyl (C=O) groups excluding carboxylic acids is 1. The molecule has 15 heteroatoms. The number of urea groups is 1. The van der Waals surface area contributed by atoms with Gasteiger partial charge in [0.15, 0.2) is 10.8 Å². The molecule has 202 valence electrons. The van der Waals surface area contributed by atoms with E-state index >= 15 is 0 Å². The van der Waals surface area contributed by atoms with Gasteiger partial charge in [-0.05, 0) is 24.1 Å². The van der Waals surface area contributed by atoms with E-state index in [4.69, 9.17) is 22.0 Å². The molecule has 0 aliphatic carbocycles. The third-order valence-corrected chi connectivity index (χ3v) is 7.43. The van der Waals surface area contributed by atoms with Gasteiger partial charge in [-0.2, -0.15) is 8.78 Å². The molecule has 1 saturated heterocycles. The maximum absolute atomic E-state index is 13.1. The van der Waals surface area contributed by atoms with E-state index in [1.54, 1.807) is 28.6 Å². The van der Waals surface area contributed by atoms with E-state index in [0.29, 0.717) is 32.7 Å². The molecule has 4 rings (SSSR count). The summed E-state index contributed by atoms with van der Waals surface area (Å²) in [7, 11) is -3.79. The zero-order valence-electron chi connectivity index (χ0n) is 20.2. The maximum atomic E-state index is 13.1. The maximum Gasteiger partial charge on any atom is 0.328 e. The van der Waals surface area contributed by atoms with Crippen LogP contribution >= 0.6 is 22.9 Å². The number of carbonyl (C=O) groups is 1. The Morgan fingerprint density at radius 2 is 2.13 bits per heavy atom. The van der Waals surface area contributed by atoms with Gasteiger partial charge in [0.2, 0.25) is 10.0 Å². The first-order valence-corrected chi connectivity index (χ1v) is 14.4. The van der Waals surface area contributed by atoms with Crippen LogP contribution in [-0.4, -0.2) is 61.8 Å². The fraction of sp³-hybridized carbons (Fsp3) is 0.304. The number of aryl methyl sites for hydroxylation is 1. The Labute approximate surface area is 227 Å². The predicted molar refractivity (Wildman–Crippen MR) is 142 cm³/mol. The Bertz CT molecular complexity index is 1440. The second kappa shape index (κ2) is 11.2. The van der Waals surface area contributed by atoms with E-state index in [0.717, 1.165) is 24.2 Å². The number of halogens is 3. The summed E-state index contributed by atoms with van der Waals surface area (Å²) >= 11 is 7.97. The number of aromatic nitrogens is 1. The molecule has 10 nitrogen and oxygen atoms in total. The van der Waals surface area contributed by atoms with Crippen molar-refractivity contribution in [2.75, 3.05) is 12.8 Å². The van der Waals surface area contributed by atoms with Crippen LogP contribution in [0, 0.1) is 12.3 Å². The third kappa shape index (κ3) is 6.19. The minimum Gasteiger partial charge on any atom is -0.336 e. The standard InChI is InChI=1S/C23H24ClF2N7O3S2/c1-12-3-4-15(16(24)7-12)19-18(13(9-27)10-29-22(25)26)17-8-14(30-23(34)32-38(2,35)36)11-33(17)20(31-19)21-28-5-6-37-21/h3-7,9-10,14,19,22,27,29H,8,11H2,1-2H3,(H2,30,32,34)/b13-10+,27-9?/t14-,19-/m0/s1. The highest BCUT2D eigenvalue weighted by molar-refractivity contribution is 7.89. The number of rotatable bonds is 8. The normalized spacial score (nSPS) is 19.8. The lowest BCUT2D eigenvalue weighted by Gasteiger charge is -2.33. The molecule has 2 aliphatic heterocycles. The molecule has 0 unspecified atom stereocenters. The minimum absolute atomic E-state index is 0.148. The van der Waals surface area contributed by atoms with Gasteiger partial charge in [-0.1, -0.05) is 23.7 Å². The van der Waals surface area contributed by atoms with Crippen molar-refractivity contribution in [2.24, 2.45) is 4.99 Å². The molecule has 1 aromatic heterocycles. The molecule has 2 atom stereocenters. The molecule has 3 heterocycles. The third-order valence-electron chi connectivity index (χ3n) is 5.78. The van der Waals surface area contributed by atoms with Gasteiger partial charge in [-0.25, -0.2) is 22.9 Å². The molecule has 2 aromatic rings. The van der Waals surface area contributed by atoms with Crippen LogP contribution in [0.2, 0.25) is 5.02 Å². The lowest BCUT2D eigenvalue weighted by Crippen LogP contribution is -2.45. The van der Waals surface area contributed by atoms with Crippen LogP contribution in [0.5, 0.6) is 0 Å². The topological polar surface area (TPSA) is 140 Å². The summed E-state index contributed by atoms with van der Waals surface area (Å²) in [4.78, 5) is 23.4. The number of alkyl halides is 2. The van der Waals surface area contributed by atoms with E-state index < -0.39 is 34.7 Å². The van der Waals surface area contributed by atoms with Crippen LogP contribution in [0.1, 0.15) is 28.6 Å². The summed E-state index contributed by atoms with van der Waals surface area (Å²) in [5.74, 6) is 0.486. The first kappa shape index (κ1) is 27.7. The second-order valence-electron chi connectivity index (χ2n) is 8.65. The largest absolute Gasteiger partial charge is 0.336 e. The van der Waals surface area contributed by atoms with Gasteiger partial charge in [-0.3, -0.25) is 4.99 Å². The summed E-state index contributed by atoms with van der Waals surface area (Å²) in [6, 6.07) is 3.19. The smallest absolute Gasteiger partial charge is 0.328 e.